The second-order valence-corrected chi connectivity index (χ2v) is 10.5. The maximum absolute atomic E-state index is 13.4. The topological polar surface area (TPSA) is 67.9 Å². The number of benzene rings is 3. The Bertz CT molecular complexity index is 1280. The summed E-state index contributed by atoms with van der Waals surface area (Å²) in [5.41, 5.74) is 2.09. The highest BCUT2D eigenvalue weighted by Crippen LogP contribution is 2.36. The molecule has 6 heteroatoms. The number of rotatable bonds is 9. The molecule has 5 rings (SSSR count). The lowest BCUT2D eigenvalue weighted by Crippen LogP contribution is -2.33. The molecule has 6 nitrogen and oxygen atoms in total. The molecule has 3 aromatic rings. The summed E-state index contributed by atoms with van der Waals surface area (Å²) in [5, 5.41) is 4.39. The Morgan fingerprint density at radius 3 is 2.34 bits per heavy atom. The summed E-state index contributed by atoms with van der Waals surface area (Å²) in [7, 11) is 1.57. The van der Waals surface area contributed by atoms with E-state index >= 15 is 0 Å². The number of piperidine rings is 1. The number of ether oxygens (including phenoxy) is 2. The van der Waals surface area contributed by atoms with Crippen LogP contribution in [0.15, 0.2) is 54.6 Å². The van der Waals surface area contributed by atoms with E-state index in [0.29, 0.717) is 34.9 Å². The number of carbonyl (C=O) groups excluding carboxylic acids is 2. The lowest BCUT2D eigenvalue weighted by molar-refractivity contribution is -0.112. The highest BCUT2D eigenvalue weighted by molar-refractivity contribution is 6.48. The number of ketones is 1. The fourth-order valence-corrected chi connectivity index (χ4v) is 5.88. The van der Waals surface area contributed by atoms with Crippen LogP contribution >= 0.6 is 0 Å². The van der Waals surface area contributed by atoms with Gasteiger partial charge in [-0.05, 0) is 79.9 Å². The molecule has 2 fully saturated rings. The first-order valence-electron chi connectivity index (χ1n) is 14.0. The zero-order valence-corrected chi connectivity index (χ0v) is 22.3. The largest absolute Gasteiger partial charge is 0.495 e. The number of likely N-dealkylation sites (tertiary alicyclic amines) is 1. The van der Waals surface area contributed by atoms with Gasteiger partial charge in [0.15, 0.2) is 0 Å². The Morgan fingerprint density at radius 2 is 1.58 bits per heavy atom. The van der Waals surface area contributed by atoms with E-state index in [1.165, 1.54) is 44.1 Å². The minimum absolute atomic E-state index is 0.365. The third-order valence-electron chi connectivity index (χ3n) is 8.00. The fraction of sp³-hybridized carbons (Fsp3) is 0.438. The van der Waals surface area contributed by atoms with Gasteiger partial charge in [-0.1, -0.05) is 56.0 Å². The maximum atomic E-state index is 13.4. The van der Waals surface area contributed by atoms with Crippen LogP contribution in [0.5, 0.6) is 11.5 Å². The molecule has 0 aromatic heterocycles. The summed E-state index contributed by atoms with van der Waals surface area (Å²) in [4.78, 5) is 29.0. The van der Waals surface area contributed by atoms with Crippen LogP contribution in [0, 0.1) is 0 Å². The number of anilines is 1. The Morgan fingerprint density at radius 1 is 0.868 bits per heavy atom. The van der Waals surface area contributed by atoms with E-state index in [2.05, 4.69) is 16.3 Å². The average Bonchev–Trinajstić information content (AvgIpc) is 2.98. The van der Waals surface area contributed by atoms with Gasteiger partial charge in [-0.15, -0.1) is 0 Å². The number of nitrogens with zero attached hydrogens (tertiary/aromatic N) is 1. The van der Waals surface area contributed by atoms with E-state index in [1.807, 2.05) is 42.5 Å². The van der Waals surface area contributed by atoms with Crippen LogP contribution in [-0.4, -0.2) is 49.9 Å². The van der Waals surface area contributed by atoms with Crippen LogP contribution in [0.4, 0.5) is 5.69 Å². The van der Waals surface area contributed by atoms with E-state index in [9.17, 15) is 9.59 Å². The lowest BCUT2D eigenvalue weighted by atomic mass is 9.84. The first kappa shape index (κ1) is 26.2. The molecule has 3 aromatic carbocycles. The SMILES string of the molecule is COc1ccc(C2CCCCC2)cc1NC(=O)C(=O)c1ccc(OCCN2CCCCC2)c2ccccc12. The van der Waals surface area contributed by atoms with Crippen molar-refractivity contribution in [3.05, 3.63) is 65.7 Å². The predicted molar refractivity (Wildman–Crippen MR) is 152 cm³/mol. The monoisotopic (exact) mass is 514 g/mol. The zero-order valence-electron chi connectivity index (χ0n) is 22.3. The van der Waals surface area contributed by atoms with Crippen molar-refractivity contribution in [2.75, 3.05) is 38.7 Å². The van der Waals surface area contributed by atoms with Crippen LogP contribution in [0.25, 0.3) is 10.8 Å². The zero-order chi connectivity index (χ0) is 26.3. The molecule has 38 heavy (non-hydrogen) atoms. The van der Waals surface area contributed by atoms with Crippen LogP contribution in [0.3, 0.4) is 0 Å². The molecule has 2 aliphatic rings. The minimum Gasteiger partial charge on any atom is -0.495 e. The molecule has 1 heterocycles. The van der Waals surface area contributed by atoms with Gasteiger partial charge in [0.1, 0.15) is 18.1 Å². The average molecular weight is 515 g/mol. The minimum atomic E-state index is -0.673. The quantitative estimate of drug-likeness (QED) is 0.258. The Hall–Kier alpha value is -3.38. The summed E-state index contributed by atoms with van der Waals surface area (Å²) in [6, 6.07) is 17.1. The number of amides is 1. The number of Topliss-reactive ketones (excluding diaryl/α,β-unsaturated/α-hetero) is 1. The van der Waals surface area contributed by atoms with Crippen LogP contribution in [-0.2, 0) is 4.79 Å². The molecule has 0 spiro atoms. The van der Waals surface area contributed by atoms with Gasteiger partial charge in [0.25, 0.3) is 11.7 Å². The van der Waals surface area contributed by atoms with Crippen LogP contribution < -0.4 is 14.8 Å². The molecule has 200 valence electrons. The number of hydrogen-bond donors (Lipinski definition) is 1. The van der Waals surface area contributed by atoms with Crippen LogP contribution in [0.1, 0.15) is 73.2 Å². The molecular formula is C32H38N2O4. The molecule has 0 atom stereocenters. The molecular weight excluding hydrogens is 476 g/mol. The van der Waals surface area contributed by atoms with Gasteiger partial charge in [-0.3, -0.25) is 14.5 Å². The second-order valence-electron chi connectivity index (χ2n) is 10.5. The third kappa shape index (κ3) is 6.02. The van der Waals surface area contributed by atoms with Crippen molar-refractivity contribution in [3.63, 3.8) is 0 Å². The van der Waals surface area contributed by atoms with Crippen molar-refractivity contribution < 1.29 is 19.1 Å². The summed E-state index contributed by atoms with van der Waals surface area (Å²) >= 11 is 0. The van der Waals surface area contributed by atoms with Gasteiger partial charge in [-0.2, -0.15) is 0 Å². The normalized spacial score (nSPS) is 16.8. The molecule has 0 radical (unpaired) electrons. The molecule has 1 amide bonds. The summed E-state index contributed by atoms with van der Waals surface area (Å²) in [6.07, 6.45) is 9.83. The summed E-state index contributed by atoms with van der Waals surface area (Å²) in [6.45, 7) is 3.73. The highest BCUT2D eigenvalue weighted by atomic mass is 16.5. The second kappa shape index (κ2) is 12.4. The van der Waals surface area contributed by atoms with E-state index in [4.69, 9.17) is 9.47 Å². The third-order valence-corrected chi connectivity index (χ3v) is 8.00. The van der Waals surface area contributed by atoms with Gasteiger partial charge < -0.3 is 14.8 Å². The lowest BCUT2D eigenvalue weighted by Gasteiger charge is -2.26. The molecule has 0 unspecified atom stereocenters. The standard InChI is InChI=1S/C32H38N2O4/c1-37-30-16-14-24(23-10-4-2-5-11-23)22-28(30)33-32(36)31(35)27-15-17-29(26-13-7-6-12-25(26)27)38-21-20-34-18-8-3-9-19-34/h6-7,12-17,22-23H,2-5,8-11,18-21H2,1H3,(H,33,36). The number of hydrogen-bond acceptors (Lipinski definition) is 5. The molecule has 1 saturated heterocycles. The Kier molecular flexibility index (Phi) is 8.59. The molecule has 1 saturated carbocycles. The van der Waals surface area contributed by atoms with E-state index in [0.717, 1.165) is 43.6 Å². The van der Waals surface area contributed by atoms with Crippen molar-refractivity contribution in [1.82, 2.24) is 4.90 Å². The van der Waals surface area contributed by atoms with Gasteiger partial charge >= 0.3 is 0 Å². The van der Waals surface area contributed by atoms with E-state index < -0.39 is 11.7 Å². The van der Waals surface area contributed by atoms with Crippen molar-refractivity contribution in [2.45, 2.75) is 57.3 Å². The summed E-state index contributed by atoms with van der Waals surface area (Å²) in [5.74, 6) is 0.510. The number of fused-ring (bicyclic) bond motifs is 1. The first-order valence-corrected chi connectivity index (χ1v) is 14.0. The van der Waals surface area contributed by atoms with Crippen molar-refractivity contribution in [3.8, 4) is 11.5 Å². The number of methoxy groups -OCH3 is 1. The van der Waals surface area contributed by atoms with E-state index in [1.54, 1.807) is 13.2 Å². The smallest absolute Gasteiger partial charge is 0.296 e. The summed E-state index contributed by atoms with van der Waals surface area (Å²) < 4.78 is 11.6. The Labute approximate surface area is 225 Å². The molecule has 1 aliphatic carbocycles. The first-order chi connectivity index (χ1) is 18.6. The predicted octanol–water partition coefficient (Wildman–Crippen LogP) is 6.58. The molecule has 0 bridgehead atoms. The van der Waals surface area contributed by atoms with Gasteiger partial charge in [0.05, 0.1) is 12.8 Å². The van der Waals surface area contributed by atoms with Crippen LogP contribution in [0.2, 0.25) is 0 Å². The molecule has 1 N–H and O–H groups in total. The van der Waals surface area contributed by atoms with Gasteiger partial charge in [-0.25, -0.2) is 0 Å². The maximum Gasteiger partial charge on any atom is 0.296 e. The van der Waals surface area contributed by atoms with Crippen molar-refractivity contribution >= 4 is 28.2 Å². The van der Waals surface area contributed by atoms with E-state index in [-0.39, 0.29) is 0 Å². The van der Waals surface area contributed by atoms with Crippen molar-refractivity contribution in [2.24, 2.45) is 0 Å². The number of nitrogens with one attached hydrogen (secondary N) is 1. The highest BCUT2D eigenvalue weighted by Gasteiger charge is 2.23. The molecule has 1 aliphatic heterocycles. The van der Waals surface area contributed by atoms with Crippen molar-refractivity contribution in [1.29, 1.82) is 0 Å². The number of carbonyl (C=O) groups is 2. The van der Waals surface area contributed by atoms with Gasteiger partial charge in [0, 0.05) is 17.5 Å². The van der Waals surface area contributed by atoms with Gasteiger partial charge in [0.2, 0.25) is 0 Å². The Balaban J connectivity index is 1.32. The fourth-order valence-electron chi connectivity index (χ4n) is 5.88.